The Labute approximate surface area is 495 Å². The Morgan fingerprint density at radius 1 is 0.291 bits per heavy atom. The van der Waals surface area contributed by atoms with E-state index < -0.39 is 0 Å². The van der Waals surface area contributed by atoms with Gasteiger partial charge in [0.1, 0.15) is 5.65 Å². The highest BCUT2D eigenvalue weighted by atomic mass is 15.0. The van der Waals surface area contributed by atoms with E-state index in [-0.39, 0.29) is 10.8 Å². The zero-order valence-corrected chi connectivity index (χ0v) is 48.8. The number of hydrogen-bond donors (Lipinski definition) is 0. The second-order valence-electron chi connectivity index (χ2n) is 26.3. The molecule has 0 N–H and O–H groups in total. The van der Waals surface area contributed by atoms with Crippen molar-refractivity contribution in [3.63, 3.8) is 0 Å². The van der Waals surface area contributed by atoms with Gasteiger partial charge in [-0.25, -0.2) is 4.98 Å². The lowest BCUT2D eigenvalue weighted by Gasteiger charge is -2.21. The van der Waals surface area contributed by atoms with Crippen LogP contribution in [0.25, 0.3) is 175 Å². The minimum Gasteiger partial charge on any atom is -0.309 e. The molecule has 0 saturated carbocycles. The molecule has 406 valence electrons. The predicted molar refractivity (Wildman–Crippen MR) is 366 cm³/mol. The SMILES string of the molecule is CC(C)(C)c1cc(-c2ccc3c(c2)c2ccccc2n3-c2ccccc2)c2c(c1)c1c3ccccc3cc3c4c5c6cc(C(C)(C)C)cc7c8c9ccccc9cc(-c9ccc%10c(c9)c9ccccc9n%10-c9ccccc9)c8n(c5ncc4n2c31)c67. The van der Waals surface area contributed by atoms with E-state index in [1.165, 1.54) is 164 Å². The smallest absolute Gasteiger partial charge is 0.146 e. The van der Waals surface area contributed by atoms with Crippen LogP contribution in [0.4, 0.5) is 0 Å². The normalized spacial score (nSPS) is 13.0. The van der Waals surface area contributed by atoms with E-state index in [1.807, 2.05) is 0 Å². The lowest BCUT2D eigenvalue weighted by Crippen LogP contribution is -2.11. The second-order valence-corrected chi connectivity index (χ2v) is 26.3. The lowest BCUT2D eigenvalue weighted by atomic mass is 9.83. The van der Waals surface area contributed by atoms with Crippen LogP contribution in [0.2, 0.25) is 0 Å². The molecule has 5 heteroatoms. The van der Waals surface area contributed by atoms with Gasteiger partial charge in [-0.1, -0.05) is 175 Å². The molecule has 0 aliphatic carbocycles. The van der Waals surface area contributed by atoms with Gasteiger partial charge in [0.05, 0.1) is 55.8 Å². The van der Waals surface area contributed by atoms with E-state index >= 15 is 0 Å². The largest absolute Gasteiger partial charge is 0.309 e. The van der Waals surface area contributed by atoms with Crippen molar-refractivity contribution >= 4 is 141 Å². The molecule has 12 aromatic carbocycles. The van der Waals surface area contributed by atoms with Gasteiger partial charge in [0.15, 0.2) is 0 Å². The predicted octanol–water partition coefficient (Wildman–Crippen LogP) is 21.8. The van der Waals surface area contributed by atoms with Crippen molar-refractivity contribution in [2.75, 3.05) is 0 Å². The molecule has 0 unspecified atom stereocenters. The molecule has 7 heterocycles. The van der Waals surface area contributed by atoms with Gasteiger partial charge in [-0.05, 0) is 152 Å². The fourth-order valence-corrected chi connectivity index (χ4v) is 15.5. The maximum atomic E-state index is 5.86. The zero-order chi connectivity index (χ0) is 57.2. The highest BCUT2D eigenvalue weighted by Crippen LogP contribution is 2.53. The third kappa shape index (κ3) is 6.26. The third-order valence-corrected chi connectivity index (χ3v) is 19.5. The molecule has 0 atom stereocenters. The van der Waals surface area contributed by atoms with E-state index in [0.29, 0.717) is 0 Å². The first-order chi connectivity index (χ1) is 42.0. The fraction of sp³-hybridized carbons (Fsp3) is 0.0988. The zero-order valence-electron chi connectivity index (χ0n) is 48.8. The molecule has 0 bridgehead atoms. The van der Waals surface area contributed by atoms with Gasteiger partial charge < -0.3 is 13.5 Å². The first-order valence-corrected chi connectivity index (χ1v) is 30.3. The molecule has 0 aliphatic heterocycles. The molecule has 0 saturated heterocycles. The van der Waals surface area contributed by atoms with Gasteiger partial charge in [-0.3, -0.25) is 4.40 Å². The maximum Gasteiger partial charge on any atom is 0.146 e. The average Bonchev–Trinajstić information content (AvgIpc) is 1.73. The molecule has 0 amide bonds. The molecule has 19 rings (SSSR count). The van der Waals surface area contributed by atoms with E-state index in [2.05, 4.69) is 296 Å². The Balaban J connectivity index is 0.967. The average molecular weight is 1100 g/mol. The molecule has 5 nitrogen and oxygen atoms in total. The van der Waals surface area contributed by atoms with Gasteiger partial charge in [0.25, 0.3) is 0 Å². The first-order valence-electron chi connectivity index (χ1n) is 30.3. The summed E-state index contributed by atoms with van der Waals surface area (Å²) < 4.78 is 10.0. The van der Waals surface area contributed by atoms with Crippen LogP contribution in [0.1, 0.15) is 52.7 Å². The monoisotopic (exact) mass is 1100 g/mol. The highest BCUT2D eigenvalue weighted by Gasteiger charge is 2.32. The van der Waals surface area contributed by atoms with Crippen LogP contribution in [0.5, 0.6) is 0 Å². The van der Waals surface area contributed by atoms with Crippen molar-refractivity contribution in [1.29, 1.82) is 0 Å². The number of hydrogen-bond acceptors (Lipinski definition) is 1. The van der Waals surface area contributed by atoms with Crippen LogP contribution in [-0.2, 0) is 10.8 Å². The summed E-state index contributed by atoms with van der Waals surface area (Å²) in [5, 5.41) is 20.0. The van der Waals surface area contributed by atoms with Crippen LogP contribution in [0.3, 0.4) is 0 Å². The van der Waals surface area contributed by atoms with Crippen molar-refractivity contribution in [2.24, 2.45) is 0 Å². The van der Waals surface area contributed by atoms with Gasteiger partial charge in [-0.15, -0.1) is 0 Å². The summed E-state index contributed by atoms with van der Waals surface area (Å²) in [7, 11) is 0. The van der Waals surface area contributed by atoms with Crippen LogP contribution < -0.4 is 0 Å². The topological polar surface area (TPSA) is 31.6 Å². The Bertz CT molecular complexity index is 6130. The van der Waals surface area contributed by atoms with Crippen LogP contribution in [0, 0.1) is 0 Å². The minimum atomic E-state index is -0.148. The summed E-state index contributed by atoms with van der Waals surface area (Å²) in [4.78, 5) is 5.86. The Morgan fingerprint density at radius 3 is 1.30 bits per heavy atom. The van der Waals surface area contributed by atoms with E-state index in [4.69, 9.17) is 4.98 Å². The summed E-state index contributed by atoms with van der Waals surface area (Å²) >= 11 is 0. The minimum absolute atomic E-state index is 0.126. The van der Waals surface area contributed by atoms with Crippen LogP contribution in [-0.4, -0.2) is 22.9 Å². The van der Waals surface area contributed by atoms with E-state index in [1.54, 1.807) is 0 Å². The number of benzene rings is 12. The third-order valence-electron chi connectivity index (χ3n) is 19.5. The molecule has 0 spiro atoms. The van der Waals surface area contributed by atoms with E-state index in [0.717, 1.165) is 22.5 Å². The quantitative estimate of drug-likeness (QED) is 0.173. The molecule has 0 radical (unpaired) electrons. The molecule has 19 aromatic rings. The number of pyridine rings is 1. The Morgan fingerprint density at radius 2 is 0.733 bits per heavy atom. The highest BCUT2D eigenvalue weighted by molar-refractivity contribution is 6.40. The van der Waals surface area contributed by atoms with Crippen molar-refractivity contribution < 1.29 is 0 Å². The summed E-state index contributed by atoms with van der Waals surface area (Å²) in [6, 6.07) is 86.7. The van der Waals surface area contributed by atoms with Crippen molar-refractivity contribution in [3.05, 3.63) is 248 Å². The summed E-state index contributed by atoms with van der Waals surface area (Å²) in [6.07, 6.45) is 2.22. The molecular formula is C81H57N5. The van der Waals surface area contributed by atoms with Gasteiger partial charge in [-0.2, -0.15) is 0 Å². The number of rotatable bonds is 4. The van der Waals surface area contributed by atoms with Gasteiger partial charge in [0, 0.05) is 87.1 Å². The standard InChI is InChI=1S/C81H57N5/c1-80(2,3)50-41-59(49-34-36-69-61(39-49)57-30-18-20-32-67(57)84(69)53-25-11-8-12-26-53)75-63(42-50)72-55-28-16-14-22-47(55)40-62-73-70(85(75)78(62)72)45-82-79-74(73)65-44-51(81(4,5)6)43-64-71-54-27-15-13-21-46(54)37-58(77(71)86(79)76(64)65)48-33-35-68-60(38-48)56-29-17-19-31-66(56)83(68)52-23-9-7-10-24-52/h7-45H,1-6H3. The molecule has 7 aromatic heterocycles. The number of para-hydroxylation sites is 4. The van der Waals surface area contributed by atoms with Crippen molar-refractivity contribution in [1.82, 2.24) is 22.9 Å². The van der Waals surface area contributed by atoms with Gasteiger partial charge in [0.2, 0.25) is 0 Å². The number of fused-ring (bicyclic) bond motifs is 23. The van der Waals surface area contributed by atoms with Crippen molar-refractivity contribution in [2.45, 2.75) is 52.4 Å². The van der Waals surface area contributed by atoms with Crippen LogP contribution in [0.15, 0.2) is 237 Å². The van der Waals surface area contributed by atoms with Gasteiger partial charge >= 0.3 is 0 Å². The molecule has 0 aliphatic rings. The lowest BCUT2D eigenvalue weighted by molar-refractivity contribution is 0.591. The fourth-order valence-electron chi connectivity index (χ4n) is 15.5. The Kier molecular flexibility index (Phi) is 9.28. The second kappa shape index (κ2) is 16.6. The molecule has 0 fully saturated rings. The number of nitrogens with zero attached hydrogens (tertiary/aromatic N) is 5. The number of aromatic nitrogens is 5. The summed E-state index contributed by atoms with van der Waals surface area (Å²) in [6.45, 7) is 14.2. The summed E-state index contributed by atoms with van der Waals surface area (Å²) in [5.41, 5.74) is 21.2. The Hall–Kier alpha value is -10.5. The summed E-state index contributed by atoms with van der Waals surface area (Å²) in [5.74, 6) is 0. The molecular weight excluding hydrogens is 1040 g/mol. The molecule has 86 heavy (non-hydrogen) atoms. The van der Waals surface area contributed by atoms with E-state index in [9.17, 15) is 0 Å². The maximum absolute atomic E-state index is 5.86. The first kappa shape index (κ1) is 47.9. The van der Waals surface area contributed by atoms with Crippen molar-refractivity contribution in [3.8, 4) is 33.6 Å². The van der Waals surface area contributed by atoms with Crippen LogP contribution >= 0.6 is 0 Å².